The summed E-state index contributed by atoms with van der Waals surface area (Å²) in [5.74, 6) is 1.45. The Labute approximate surface area is 133 Å². The first-order valence-corrected chi connectivity index (χ1v) is 8.26. The van der Waals surface area contributed by atoms with Crippen molar-refractivity contribution in [3.63, 3.8) is 0 Å². The molecule has 1 aliphatic rings. The van der Waals surface area contributed by atoms with Crippen LogP contribution < -0.4 is 15.0 Å². The van der Waals surface area contributed by atoms with Gasteiger partial charge >= 0.3 is 0 Å². The second-order valence-electron chi connectivity index (χ2n) is 6.27. The summed E-state index contributed by atoms with van der Waals surface area (Å²) in [6.45, 7) is 8.88. The highest BCUT2D eigenvalue weighted by molar-refractivity contribution is 6.32. The van der Waals surface area contributed by atoms with Crippen LogP contribution in [0, 0.1) is 5.92 Å². The molecule has 1 aromatic carbocycles. The Balaban J connectivity index is 2.18. The van der Waals surface area contributed by atoms with E-state index in [9.17, 15) is 0 Å². The number of hydrogen-bond acceptors (Lipinski definition) is 3. The van der Waals surface area contributed by atoms with Crippen LogP contribution in [0.2, 0.25) is 5.02 Å². The summed E-state index contributed by atoms with van der Waals surface area (Å²) in [6.07, 6.45) is 2.34. The molecule has 1 fully saturated rings. The number of hydrogen-bond donors (Lipinski definition) is 1. The number of benzene rings is 1. The zero-order valence-corrected chi connectivity index (χ0v) is 14.3. The topological polar surface area (TPSA) is 24.5 Å². The average Bonchev–Trinajstić information content (AvgIpc) is 2.46. The van der Waals surface area contributed by atoms with Crippen LogP contribution in [-0.2, 0) is 0 Å². The van der Waals surface area contributed by atoms with E-state index in [0.29, 0.717) is 23.0 Å². The summed E-state index contributed by atoms with van der Waals surface area (Å²) in [7, 11) is 1.65. The van der Waals surface area contributed by atoms with Crippen molar-refractivity contribution in [1.29, 1.82) is 0 Å². The van der Waals surface area contributed by atoms with Crippen molar-refractivity contribution in [3.05, 3.63) is 23.2 Å². The lowest BCUT2D eigenvalue weighted by atomic mass is 9.98. The van der Waals surface area contributed by atoms with Gasteiger partial charge in [0.25, 0.3) is 0 Å². The maximum Gasteiger partial charge on any atom is 0.137 e. The second-order valence-corrected chi connectivity index (χ2v) is 6.68. The van der Waals surface area contributed by atoms with E-state index in [1.54, 1.807) is 7.11 Å². The van der Waals surface area contributed by atoms with Gasteiger partial charge in [0.2, 0.25) is 0 Å². The molecule has 2 unspecified atom stereocenters. The van der Waals surface area contributed by atoms with Gasteiger partial charge in [-0.05, 0) is 37.0 Å². The smallest absolute Gasteiger partial charge is 0.137 e. The largest absolute Gasteiger partial charge is 0.495 e. The molecule has 0 amide bonds. The lowest BCUT2D eigenvalue weighted by Crippen LogP contribution is -2.56. The number of ether oxygens (including phenoxy) is 1. The van der Waals surface area contributed by atoms with E-state index in [1.807, 2.05) is 12.1 Å². The first-order valence-electron chi connectivity index (χ1n) is 7.88. The van der Waals surface area contributed by atoms with Crippen LogP contribution in [0.5, 0.6) is 5.75 Å². The third-order valence-corrected chi connectivity index (χ3v) is 4.49. The van der Waals surface area contributed by atoms with Crippen LogP contribution in [-0.4, -0.2) is 32.3 Å². The fourth-order valence-electron chi connectivity index (χ4n) is 3.11. The molecule has 2 atom stereocenters. The molecule has 3 nitrogen and oxygen atoms in total. The lowest BCUT2D eigenvalue weighted by molar-refractivity contribution is 0.343. The summed E-state index contributed by atoms with van der Waals surface area (Å²) >= 11 is 6.29. The van der Waals surface area contributed by atoms with Crippen molar-refractivity contribution < 1.29 is 4.74 Å². The number of halogens is 1. The summed E-state index contributed by atoms with van der Waals surface area (Å²) in [4.78, 5) is 2.49. The first kappa shape index (κ1) is 16.4. The Morgan fingerprint density at radius 2 is 2.19 bits per heavy atom. The predicted molar refractivity (Wildman–Crippen MR) is 90.7 cm³/mol. The minimum Gasteiger partial charge on any atom is -0.495 e. The standard InChI is InChI=1S/C17H27ClN2O/c1-5-14-10-19-13(8-12(2)3)11-20(14)15-6-7-17(21-4)16(18)9-15/h6-7,9,12-14,19H,5,8,10-11H2,1-4H3. The monoisotopic (exact) mass is 310 g/mol. The summed E-state index contributed by atoms with van der Waals surface area (Å²) in [5, 5.41) is 4.37. The number of rotatable bonds is 5. The maximum atomic E-state index is 6.29. The Hall–Kier alpha value is -0.930. The molecule has 0 saturated carbocycles. The Morgan fingerprint density at radius 1 is 1.43 bits per heavy atom. The van der Waals surface area contributed by atoms with E-state index >= 15 is 0 Å². The molecule has 0 bridgehead atoms. The van der Waals surface area contributed by atoms with Crippen molar-refractivity contribution in [2.24, 2.45) is 5.92 Å². The van der Waals surface area contributed by atoms with E-state index in [1.165, 1.54) is 12.1 Å². The van der Waals surface area contributed by atoms with Gasteiger partial charge in [-0.1, -0.05) is 32.4 Å². The van der Waals surface area contributed by atoms with Gasteiger partial charge in [0.15, 0.2) is 0 Å². The van der Waals surface area contributed by atoms with Crippen LogP contribution in [0.15, 0.2) is 18.2 Å². The van der Waals surface area contributed by atoms with Gasteiger partial charge in [-0.25, -0.2) is 0 Å². The molecule has 1 heterocycles. The zero-order chi connectivity index (χ0) is 15.4. The fraction of sp³-hybridized carbons (Fsp3) is 0.647. The van der Waals surface area contributed by atoms with Gasteiger partial charge in [0.05, 0.1) is 12.1 Å². The van der Waals surface area contributed by atoms with Crippen LogP contribution in [0.3, 0.4) is 0 Å². The highest BCUT2D eigenvalue weighted by Crippen LogP contribution is 2.31. The SMILES string of the molecule is CCC1CNC(CC(C)C)CN1c1ccc(OC)c(Cl)c1. The van der Waals surface area contributed by atoms with Gasteiger partial charge < -0.3 is 15.0 Å². The number of methoxy groups -OCH3 is 1. The van der Waals surface area contributed by atoms with Crippen LogP contribution in [0.4, 0.5) is 5.69 Å². The number of nitrogens with one attached hydrogen (secondary N) is 1. The van der Waals surface area contributed by atoms with Crippen molar-refractivity contribution in [2.75, 3.05) is 25.1 Å². The molecule has 1 N–H and O–H groups in total. The minimum absolute atomic E-state index is 0.526. The van der Waals surface area contributed by atoms with Crippen LogP contribution >= 0.6 is 11.6 Å². The molecular formula is C17H27ClN2O. The molecule has 21 heavy (non-hydrogen) atoms. The molecule has 1 saturated heterocycles. The van der Waals surface area contributed by atoms with E-state index in [4.69, 9.17) is 16.3 Å². The molecule has 0 aromatic heterocycles. The van der Waals surface area contributed by atoms with Crippen molar-refractivity contribution in [3.8, 4) is 5.75 Å². The number of nitrogens with zero attached hydrogens (tertiary/aromatic N) is 1. The van der Waals surface area contributed by atoms with Crippen molar-refractivity contribution in [2.45, 2.75) is 45.7 Å². The molecule has 4 heteroatoms. The van der Waals surface area contributed by atoms with E-state index in [0.717, 1.165) is 25.3 Å². The fourth-order valence-corrected chi connectivity index (χ4v) is 3.36. The molecule has 0 aliphatic carbocycles. The Morgan fingerprint density at radius 3 is 2.76 bits per heavy atom. The molecule has 1 aliphatic heterocycles. The second kappa shape index (κ2) is 7.37. The molecule has 0 spiro atoms. The predicted octanol–water partition coefficient (Wildman–Crippen LogP) is 3.95. The molecule has 0 radical (unpaired) electrons. The van der Waals surface area contributed by atoms with Gasteiger partial charge in [-0.3, -0.25) is 0 Å². The number of anilines is 1. The molecule has 1 aromatic rings. The zero-order valence-electron chi connectivity index (χ0n) is 13.5. The quantitative estimate of drug-likeness (QED) is 0.891. The van der Waals surface area contributed by atoms with Crippen LogP contribution in [0.1, 0.15) is 33.6 Å². The van der Waals surface area contributed by atoms with Crippen LogP contribution in [0.25, 0.3) is 0 Å². The van der Waals surface area contributed by atoms with E-state index in [2.05, 4.69) is 37.1 Å². The third kappa shape index (κ3) is 4.04. The normalized spacial score (nSPS) is 22.7. The Kier molecular flexibility index (Phi) is 5.77. The molecule has 118 valence electrons. The van der Waals surface area contributed by atoms with Gasteiger partial charge in [0, 0.05) is 30.9 Å². The van der Waals surface area contributed by atoms with Gasteiger partial charge in [-0.15, -0.1) is 0 Å². The summed E-state index contributed by atoms with van der Waals surface area (Å²) in [6, 6.07) is 7.18. The third-order valence-electron chi connectivity index (χ3n) is 4.19. The van der Waals surface area contributed by atoms with Crippen molar-refractivity contribution in [1.82, 2.24) is 5.32 Å². The van der Waals surface area contributed by atoms with Gasteiger partial charge in [0.1, 0.15) is 5.75 Å². The van der Waals surface area contributed by atoms with E-state index in [-0.39, 0.29) is 0 Å². The van der Waals surface area contributed by atoms with Crippen molar-refractivity contribution >= 4 is 17.3 Å². The highest BCUT2D eigenvalue weighted by Gasteiger charge is 2.27. The minimum atomic E-state index is 0.526. The van der Waals surface area contributed by atoms with Gasteiger partial charge in [-0.2, -0.15) is 0 Å². The first-order chi connectivity index (χ1) is 10.0. The molecular weight excluding hydrogens is 284 g/mol. The maximum absolute atomic E-state index is 6.29. The number of piperazine rings is 1. The summed E-state index contributed by atoms with van der Waals surface area (Å²) in [5.41, 5.74) is 1.20. The lowest BCUT2D eigenvalue weighted by Gasteiger charge is -2.42. The highest BCUT2D eigenvalue weighted by atomic mass is 35.5. The van der Waals surface area contributed by atoms with E-state index < -0.39 is 0 Å². The Bertz CT molecular complexity index is 464. The molecule has 2 rings (SSSR count). The summed E-state index contributed by atoms with van der Waals surface area (Å²) < 4.78 is 5.25. The average molecular weight is 311 g/mol.